The van der Waals surface area contributed by atoms with Crippen LogP contribution in [0.25, 0.3) is 0 Å². The number of hydrogen-bond acceptors (Lipinski definition) is 4. The molecule has 0 atom stereocenters. The molecular weight excluding hydrogens is 336 g/mol. The summed E-state index contributed by atoms with van der Waals surface area (Å²) < 4.78 is 0.625. The molecule has 1 amide bonds. The van der Waals surface area contributed by atoms with Crippen LogP contribution in [0.15, 0.2) is 46.2 Å². The number of halogens is 1. The molecule has 0 aliphatic heterocycles. The molecule has 0 saturated heterocycles. The normalized spacial score (nSPS) is 11.2. The summed E-state index contributed by atoms with van der Waals surface area (Å²) in [4.78, 5) is 16.2. The van der Waals surface area contributed by atoms with Crippen molar-refractivity contribution in [3.8, 4) is 0 Å². The monoisotopic (exact) mass is 348 g/mol. The molecule has 0 aliphatic rings. The van der Waals surface area contributed by atoms with E-state index in [2.05, 4.69) is 31.4 Å². The van der Waals surface area contributed by atoms with Crippen molar-refractivity contribution >= 4 is 33.4 Å². The molecule has 0 radical (unpaired) electrons. The number of carbonyl (C=O) groups excluding carboxylic acids is 1. The van der Waals surface area contributed by atoms with Gasteiger partial charge < -0.3 is 16.3 Å². The van der Waals surface area contributed by atoms with Gasteiger partial charge in [0.1, 0.15) is 0 Å². The third-order valence-electron chi connectivity index (χ3n) is 2.79. The molecule has 1 aromatic heterocycles. The molecule has 4 N–H and O–H groups in total. The number of nitrogens with one attached hydrogen (secondary N) is 1. The third kappa shape index (κ3) is 3.57. The van der Waals surface area contributed by atoms with Crippen molar-refractivity contribution in [2.24, 2.45) is 10.9 Å². The van der Waals surface area contributed by atoms with Gasteiger partial charge in [-0.2, -0.15) is 0 Å². The standard InChI is InChI=1S/C14H13BrN4O2/c1-8-2-3-10(7-17-8)14(20)18-12-5-4-9(6-11(12)15)13(16)19-21/h2-7,21H,1H3,(H2,16,19)(H,18,20). The van der Waals surface area contributed by atoms with Crippen molar-refractivity contribution in [2.45, 2.75) is 6.92 Å². The van der Waals surface area contributed by atoms with Crippen molar-refractivity contribution < 1.29 is 10.0 Å². The van der Waals surface area contributed by atoms with Crippen LogP contribution in [0.5, 0.6) is 0 Å². The summed E-state index contributed by atoms with van der Waals surface area (Å²) in [6.07, 6.45) is 1.52. The Morgan fingerprint density at radius 2 is 2.05 bits per heavy atom. The Balaban J connectivity index is 2.20. The number of oxime groups is 1. The van der Waals surface area contributed by atoms with Crippen molar-refractivity contribution in [1.82, 2.24) is 4.98 Å². The lowest BCUT2D eigenvalue weighted by atomic mass is 10.2. The van der Waals surface area contributed by atoms with E-state index in [0.29, 0.717) is 21.3 Å². The average Bonchev–Trinajstić information content (AvgIpc) is 2.49. The molecule has 0 spiro atoms. The number of hydrogen-bond donors (Lipinski definition) is 3. The molecule has 0 fully saturated rings. The van der Waals surface area contributed by atoms with Crippen molar-refractivity contribution in [3.05, 3.63) is 57.8 Å². The van der Waals surface area contributed by atoms with Crippen molar-refractivity contribution in [1.29, 1.82) is 0 Å². The van der Waals surface area contributed by atoms with Gasteiger partial charge in [0.2, 0.25) is 0 Å². The minimum atomic E-state index is -0.264. The number of amides is 1. The lowest BCUT2D eigenvalue weighted by Crippen LogP contribution is -2.15. The maximum absolute atomic E-state index is 12.1. The maximum atomic E-state index is 12.1. The smallest absolute Gasteiger partial charge is 0.257 e. The Hall–Kier alpha value is -2.41. The Morgan fingerprint density at radius 1 is 1.33 bits per heavy atom. The minimum Gasteiger partial charge on any atom is -0.409 e. The Bertz CT molecular complexity index is 699. The van der Waals surface area contributed by atoms with Gasteiger partial charge >= 0.3 is 0 Å². The lowest BCUT2D eigenvalue weighted by Gasteiger charge is -2.09. The lowest BCUT2D eigenvalue weighted by molar-refractivity contribution is 0.102. The highest BCUT2D eigenvalue weighted by atomic mass is 79.9. The molecule has 0 aliphatic carbocycles. The van der Waals surface area contributed by atoms with Crippen LogP contribution in [0.4, 0.5) is 5.69 Å². The number of nitrogens with two attached hydrogens (primary N) is 1. The average molecular weight is 349 g/mol. The van der Waals surface area contributed by atoms with E-state index in [1.165, 1.54) is 6.20 Å². The number of pyridine rings is 1. The number of benzene rings is 1. The number of aryl methyl sites for hydroxylation is 1. The molecule has 0 saturated carbocycles. The number of carbonyl (C=O) groups is 1. The van der Waals surface area contributed by atoms with E-state index < -0.39 is 0 Å². The summed E-state index contributed by atoms with van der Waals surface area (Å²) in [6.45, 7) is 1.85. The molecule has 2 aromatic rings. The largest absolute Gasteiger partial charge is 0.409 e. The highest BCUT2D eigenvalue weighted by molar-refractivity contribution is 9.10. The highest BCUT2D eigenvalue weighted by Crippen LogP contribution is 2.24. The van der Waals surface area contributed by atoms with Gasteiger partial charge in [-0.25, -0.2) is 0 Å². The van der Waals surface area contributed by atoms with Gasteiger partial charge in [-0.15, -0.1) is 0 Å². The summed E-state index contributed by atoms with van der Waals surface area (Å²) in [5.74, 6) is -0.268. The summed E-state index contributed by atoms with van der Waals surface area (Å²) in [5, 5.41) is 14.3. The number of aromatic nitrogens is 1. The van der Waals surface area contributed by atoms with Crippen LogP contribution in [-0.4, -0.2) is 21.9 Å². The highest BCUT2D eigenvalue weighted by Gasteiger charge is 2.10. The molecule has 1 heterocycles. The van der Waals surface area contributed by atoms with E-state index >= 15 is 0 Å². The fourth-order valence-electron chi connectivity index (χ4n) is 1.63. The predicted molar refractivity (Wildman–Crippen MR) is 83.6 cm³/mol. The van der Waals surface area contributed by atoms with Gasteiger partial charge in [0, 0.05) is 21.9 Å². The van der Waals surface area contributed by atoms with Gasteiger partial charge in [-0.1, -0.05) is 5.16 Å². The summed E-state index contributed by atoms with van der Waals surface area (Å²) in [7, 11) is 0. The second-order valence-electron chi connectivity index (χ2n) is 4.32. The summed E-state index contributed by atoms with van der Waals surface area (Å²) >= 11 is 3.33. The summed E-state index contributed by atoms with van der Waals surface area (Å²) in [6, 6.07) is 8.43. The van der Waals surface area contributed by atoms with E-state index in [1.807, 2.05) is 6.92 Å². The third-order valence-corrected chi connectivity index (χ3v) is 3.45. The van der Waals surface area contributed by atoms with Crippen LogP contribution in [0.3, 0.4) is 0 Å². The van der Waals surface area contributed by atoms with E-state index in [4.69, 9.17) is 10.9 Å². The van der Waals surface area contributed by atoms with Crippen molar-refractivity contribution in [3.63, 3.8) is 0 Å². The number of rotatable bonds is 3. The van der Waals surface area contributed by atoms with Gasteiger partial charge in [0.25, 0.3) is 5.91 Å². The van der Waals surface area contributed by atoms with Gasteiger partial charge in [0.05, 0.1) is 11.3 Å². The number of amidine groups is 1. The fourth-order valence-corrected chi connectivity index (χ4v) is 2.11. The Labute approximate surface area is 129 Å². The van der Waals surface area contributed by atoms with Crippen LogP contribution < -0.4 is 11.1 Å². The Morgan fingerprint density at radius 3 is 2.62 bits per heavy atom. The van der Waals surface area contributed by atoms with Crippen LogP contribution in [0.1, 0.15) is 21.6 Å². The molecule has 2 rings (SSSR count). The van der Waals surface area contributed by atoms with Crippen molar-refractivity contribution in [2.75, 3.05) is 5.32 Å². The minimum absolute atomic E-state index is 0.00342. The Kier molecular flexibility index (Phi) is 4.54. The zero-order valence-electron chi connectivity index (χ0n) is 11.2. The van der Waals surface area contributed by atoms with E-state index in [9.17, 15) is 4.79 Å². The first-order valence-corrected chi connectivity index (χ1v) is 6.82. The number of nitrogens with zero attached hydrogens (tertiary/aromatic N) is 2. The maximum Gasteiger partial charge on any atom is 0.257 e. The zero-order chi connectivity index (χ0) is 15.4. The van der Waals surface area contributed by atoms with E-state index in [0.717, 1.165) is 5.69 Å². The first kappa shape index (κ1) is 15.0. The van der Waals surface area contributed by atoms with Crippen LogP contribution in [0.2, 0.25) is 0 Å². The SMILES string of the molecule is Cc1ccc(C(=O)Nc2ccc(/C(N)=N/O)cc2Br)cn1. The molecule has 108 valence electrons. The predicted octanol–water partition coefficient (Wildman–Crippen LogP) is 2.50. The van der Waals surface area contributed by atoms with E-state index in [1.54, 1.807) is 30.3 Å². The van der Waals surface area contributed by atoms with Gasteiger partial charge in [0.15, 0.2) is 5.84 Å². The first-order chi connectivity index (χ1) is 10.0. The molecule has 1 aromatic carbocycles. The molecule has 6 nitrogen and oxygen atoms in total. The van der Waals surface area contributed by atoms with Gasteiger partial charge in [-0.3, -0.25) is 9.78 Å². The van der Waals surface area contributed by atoms with Crippen LogP contribution >= 0.6 is 15.9 Å². The first-order valence-electron chi connectivity index (χ1n) is 6.02. The van der Waals surface area contributed by atoms with Crippen LogP contribution in [0, 0.1) is 6.92 Å². The summed E-state index contributed by atoms with van der Waals surface area (Å²) in [5.41, 5.74) is 7.93. The number of anilines is 1. The quantitative estimate of drug-likeness (QED) is 0.343. The molecule has 7 heteroatoms. The van der Waals surface area contributed by atoms with Gasteiger partial charge in [-0.05, 0) is 53.2 Å². The second-order valence-corrected chi connectivity index (χ2v) is 5.18. The van der Waals surface area contributed by atoms with E-state index in [-0.39, 0.29) is 11.7 Å². The fraction of sp³-hybridized carbons (Fsp3) is 0.0714. The molecule has 0 bridgehead atoms. The second kappa shape index (κ2) is 6.36. The van der Waals surface area contributed by atoms with Crippen LogP contribution in [-0.2, 0) is 0 Å². The topological polar surface area (TPSA) is 101 Å². The molecule has 0 unspecified atom stereocenters. The molecule has 21 heavy (non-hydrogen) atoms. The molecular formula is C14H13BrN4O2. The zero-order valence-corrected chi connectivity index (χ0v) is 12.8.